The number of benzene rings is 1. The summed E-state index contributed by atoms with van der Waals surface area (Å²) in [6, 6.07) is 12.1. The molecular weight excluding hydrogens is 322 g/mol. The van der Waals surface area contributed by atoms with Crippen molar-refractivity contribution in [3.8, 4) is 0 Å². The predicted octanol–water partition coefficient (Wildman–Crippen LogP) is 6.34. The van der Waals surface area contributed by atoms with E-state index in [-0.39, 0.29) is 5.78 Å². The Morgan fingerprint density at radius 2 is 2.08 bits per heavy atom. The number of carbonyl (C=O) groups excluding carboxylic acids is 1. The second-order valence-electron chi connectivity index (χ2n) is 7.49. The lowest BCUT2D eigenvalue weighted by Crippen LogP contribution is -2.10. The lowest BCUT2D eigenvalue weighted by Gasteiger charge is -2.23. The molecule has 1 aliphatic carbocycles. The molecule has 26 heavy (non-hydrogen) atoms. The number of hydrogen-bond acceptors (Lipinski definition) is 2. The highest BCUT2D eigenvalue weighted by molar-refractivity contribution is 6.30. The van der Waals surface area contributed by atoms with Gasteiger partial charge in [0.2, 0.25) is 5.78 Å². The molecule has 2 unspecified atom stereocenters. The molecule has 0 bridgehead atoms. The normalized spacial score (nSPS) is 20.3. The maximum absolute atomic E-state index is 13.4. The first kappa shape index (κ1) is 16.9. The molecule has 2 aromatic heterocycles. The number of ketones is 1. The molecule has 0 radical (unpaired) electrons. The molecule has 134 valence electrons. The largest absolute Gasteiger partial charge is 0.463 e. The van der Waals surface area contributed by atoms with E-state index in [1.54, 1.807) is 6.26 Å². The SMILES string of the molecule is CCCC1CC(C)=C(C(=O)c2cc3occc3[nH]2)c2ccccc2C1C. The molecule has 3 heteroatoms. The van der Waals surface area contributed by atoms with Crippen LogP contribution in [-0.4, -0.2) is 10.8 Å². The fraction of sp³-hybridized carbons (Fsp3) is 0.348. The second-order valence-corrected chi connectivity index (χ2v) is 7.49. The molecule has 0 saturated heterocycles. The van der Waals surface area contributed by atoms with Gasteiger partial charge in [0.1, 0.15) is 0 Å². The van der Waals surface area contributed by atoms with Gasteiger partial charge in [0.25, 0.3) is 0 Å². The van der Waals surface area contributed by atoms with E-state index in [9.17, 15) is 4.79 Å². The number of hydrogen-bond donors (Lipinski definition) is 1. The van der Waals surface area contributed by atoms with E-state index in [0.717, 1.165) is 28.7 Å². The zero-order valence-electron chi connectivity index (χ0n) is 15.6. The van der Waals surface area contributed by atoms with Crippen molar-refractivity contribution in [2.24, 2.45) is 5.92 Å². The Kier molecular flexibility index (Phi) is 4.31. The van der Waals surface area contributed by atoms with Crippen LogP contribution >= 0.6 is 0 Å². The molecule has 2 atom stereocenters. The van der Waals surface area contributed by atoms with Crippen LogP contribution in [0.2, 0.25) is 0 Å². The third-order valence-electron chi connectivity index (χ3n) is 5.79. The van der Waals surface area contributed by atoms with Gasteiger partial charge in [0, 0.05) is 17.7 Å². The third kappa shape index (κ3) is 2.72. The average molecular weight is 347 g/mol. The highest BCUT2D eigenvalue weighted by atomic mass is 16.3. The number of carbonyl (C=O) groups is 1. The van der Waals surface area contributed by atoms with Gasteiger partial charge >= 0.3 is 0 Å². The predicted molar refractivity (Wildman–Crippen MR) is 105 cm³/mol. The molecule has 0 saturated carbocycles. The topological polar surface area (TPSA) is 46.0 Å². The first-order chi connectivity index (χ1) is 12.6. The molecule has 2 heterocycles. The van der Waals surface area contributed by atoms with Crippen molar-refractivity contribution in [2.75, 3.05) is 0 Å². The van der Waals surface area contributed by atoms with Gasteiger partial charge in [-0.3, -0.25) is 4.79 Å². The van der Waals surface area contributed by atoms with Crippen LogP contribution < -0.4 is 0 Å². The molecule has 4 rings (SSSR count). The molecule has 0 aliphatic heterocycles. The van der Waals surface area contributed by atoms with Crippen molar-refractivity contribution >= 4 is 22.5 Å². The van der Waals surface area contributed by atoms with E-state index in [1.807, 2.05) is 18.2 Å². The summed E-state index contributed by atoms with van der Waals surface area (Å²) in [6.07, 6.45) is 4.96. The van der Waals surface area contributed by atoms with Crippen LogP contribution in [0.1, 0.15) is 67.6 Å². The van der Waals surface area contributed by atoms with Crippen LogP contribution in [-0.2, 0) is 0 Å². The number of nitrogens with one attached hydrogen (secondary N) is 1. The zero-order chi connectivity index (χ0) is 18.3. The van der Waals surface area contributed by atoms with Gasteiger partial charge in [0.15, 0.2) is 5.58 Å². The molecule has 3 nitrogen and oxygen atoms in total. The van der Waals surface area contributed by atoms with Crippen LogP contribution in [0.4, 0.5) is 0 Å². The summed E-state index contributed by atoms with van der Waals surface area (Å²) in [5, 5.41) is 0. The van der Waals surface area contributed by atoms with Gasteiger partial charge in [-0.15, -0.1) is 0 Å². The van der Waals surface area contributed by atoms with Crippen molar-refractivity contribution in [3.05, 3.63) is 65.1 Å². The molecule has 0 fully saturated rings. The zero-order valence-corrected chi connectivity index (χ0v) is 15.6. The molecule has 1 aliphatic rings. The minimum absolute atomic E-state index is 0.0608. The van der Waals surface area contributed by atoms with Crippen molar-refractivity contribution < 1.29 is 9.21 Å². The number of H-pyrrole nitrogens is 1. The fourth-order valence-corrected chi connectivity index (χ4v) is 4.42. The summed E-state index contributed by atoms with van der Waals surface area (Å²) in [5.41, 5.74) is 6.63. The molecule has 3 aromatic rings. The molecule has 1 N–H and O–H groups in total. The lowest BCUT2D eigenvalue weighted by atomic mass is 9.82. The summed E-state index contributed by atoms with van der Waals surface area (Å²) in [7, 11) is 0. The lowest BCUT2D eigenvalue weighted by molar-refractivity contribution is 0.105. The monoisotopic (exact) mass is 347 g/mol. The number of aromatic nitrogens is 1. The summed E-state index contributed by atoms with van der Waals surface area (Å²) < 4.78 is 5.42. The van der Waals surface area contributed by atoms with E-state index < -0.39 is 0 Å². The Labute approximate surface area is 154 Å². The highest BCUT2D eigenvalue weighted by Crippen LogP contribution is 2.42. The van der Waals surface area contributed by atoms with E-state index in [4.69, 9.17) is 4.42 Å². The number of rotatable bonds is 4. The smallest absolute Gasteiger partial charge is 0.209 e. The van der Waals surface area contributed by atoms with Crippen LogP contribution in [0.3, 0.4) is 0 Å². The van der Waals surface area contributed by atoms with Crippen molar-refractivity contribution in [1.29, 1.82) is 0 Å². The maximum Gasteiger partial charge on any atom is 0.209 e. The number of furan rings is 1. The van der Waals surface area contributed by atoms with E-state index in [0.29, 0.717) is 17.5 Å². The summed E-state index contributed by atoms with van der Waals surface area (Å²) in [6.45, 7) is 6.67. The van der Waals surface area contributed by atoms with Gasteiger partial charge in [-0.2, -0.15) is 0 Å². The highest BCUT2D eigenvalue weighted by Gasteiger charge is 2.30. The van der Waals surface area contributed by atoms with Gasteiger partial charge < -0.3 is 9.40 Å². The Balaban J connectivity index is 1.84. The van der Waals surface area contributed by atoms with E-state index in [2.05, 4.69) is 44.0 Å². The van der Waals surface area contributed by atoms with Crippen molar-refractivity contribution in [3.63, 3.8) is 0 Å². The quantitative estimate of drug-likeness (QED) is 0.560. The summed E-state index contributed by atoms with van der Waals surface area (Å²) in [4.78, 5) is 16.6. The van der Waals surface area contributed by atoms with E-state index in [1.165, 1.54) is 24.0 Å². The van der Waals surface area contributed by atoms with E-state index >= 15 is 0 Å². The Morgan fingerprint density at radius 1 is 1.27 bits per heavy atom. The van der Waals surface area contributed by atoms with Crippen LogP contribution in [0.5, 0.6) is 0 Å². The number of Topliss-reactive ketones (excluding diaryl/α,β-unsaturated/α-hetero) is 1. The number of aromatic amines is 1. The summed E-state index contributed by atoms with van der Waals surface area (Å²) >= 11 is 0. The number of allylic oxidation sites excluding steroid dienone is 2. The third-order valence-corrected chi connectivity index (χ3v) is 5.79. The second kappa shape index (κ2) is 6.64. The molecular formula is C23H25NO2. The van der Waals surface area contributed by atoms with Crippen LogP contribution in [0, 0.1) is 5.92 Å². The fourth-order valence-electron chi connectivity index (χ4n) is 4.42. The molecule has 0 spiro atoms. The van der Waals surface area contributed by atoms with Gasteiger partial charge in [0.05, 0.1) is 17.5 Å². The number of fused-ring (bicyclic) bond motifs is 2. The first-order valence-corrected chi connectivity index (χ1v) is 9.50. The molecule has 0 amide bonds. The van der Waals surface area contributed by atoms with Gasteiger partial charge in [-0.05, 0) is 42.7 Å². The average Bonchev–Trinajstić information content (AvgIpc) is 3.21. The van der Waals surface area contributed by atoms with Crippen molar-refractivity contribution in [2.45, 2.75) is 46.0 Å². The standard InChI is InChI=1S/C23H25NO2/c1-4-7-16-12-14(2)22(18-9-6-5-8-17(18)15(16)3)23(25)20-13-21-19(24-20)10-11-26-21/h5-6,8-11,13,15-16,24H,4,7,12H2,1-3H3. The Bertz CT molecular complexity index is 960. The Hall–Kier alpha value is -2.55. The van der Waals surface area contributed by atoms with Crippen molar-refractivity contribution in [1.82, 2.24) is 4.98 Å². The van der Waals surface area contributed by atoms with Gasteiger partial charge in [-0.25, -0.2) is 0 Å². The summed E-state index contributed by atoms with van der Waals surface area (Å²) in [5.74, 6) is 1.09. The van der Waals surface area contributed by atoms with Crippen LogP contribution in [0.25, 0.3) is 16.7 Å². The Morgan fingerprint density at radius 3 is 2.85 bits per heavy atom. The van der Waals surface area contributed by atoms with Gasteiger partial charge in [-0.1, -0.05) is 50.1 Å². The van der Waals surface area contributed by atoms with Crippen LogP contribution in [0.15, 0.2) is 52.7 Å². The minimum atomic E-state index is 0.0608. The minimum Gasteiger partial charge on any atom is -0.463 e. The first-order valence-electron chi connectivity index (χ1n) is 9.50. The molecule has 1 aromatic carbocycles. The maximum atomic E-state index is 13.4.